The normalized spacial score (nSPS) is 15.8. The highest BCUT2D eigenvalue weighted by Crippen LogP contribution is 2.34. The Balaban J connectivity index is 2.12. The molecule has 1 aliphatic rings. The highest BCUT2D eigenvalue weighted by molar-refractivity contribution is 7.99. The highest BCUT2D eigenvalue weighted by atomic mass is 32.2. The second kappa shape index (κ2) is 6.09. The maximum Gasteiger partial charge on any atom is 0.340 e. The first-order valence-electron chi connectivity index (χ1n) is 6.30. The number of nitrogen functional groups attached to an aromatic ring is 1. The van der Waals surface area contributed by atoms with E-state index in [1.165, 1.54) is 25.7 Å². The number of hydrogen-bond acceptors (Lipinski definition) is 5. The van der Waals surface area contributed by atoms with Gasteiger partial charge in [0.1, 0.15) is 0 Å². The zero-order chi connectivity index (χ0) is 13.0. The predicted molar refractivity (Wildman–Crippen MR) is 72.7 cm³/mol. The smallest absolute Gasteiger partial charge is 0.340 e. The Morgan fingerprint density at radius 3 is 2.94 bits per heavy atom. The molecule has 0 saturated heterocycles. The van der Waals surface area contributed by atoms with Crippen LogP contribution in [0.2, 0.25) is 0 Å². The van der Waals surface area contributed by atoms with E-state index in [1.54, 1.807) is 30.9 Å². The molecule has 0 amide bonds. The van der Waals surface area contributed by atoms with E-state index in [4.69, 9.17) is 10.5 Å². The van der Waals surface area contributed by atoms with Crippen molar-refractivity contribution in [3.63, 3.8) is 0 Å². The van der Waals surface area contributed by atoms with Gasteiger partial charge in [-0.05, 0) is 25.8 Å². The van der Waals surface area contributed by atoms with Crippen molar-refractivity contribution in [2.45, 2.75) is 42.9 Å². The average molecular weight is 266 g/mol. The summed E-state index contributed by atoms with van der Waals surface area (Å²) in [7, 11) is 0. The second-order valence-corrected chi connectivity index (χ2v) is 5.68. The second-order valence-electron chi connectivity index (χ2n) is 4.35. The van der Waals surface area contributed by atoms with Gasteiger partial charge in [-0.1, -0.05) is 12.8 Å². The number of hydrogen-bond donors (Lipinski definition) is 1. The molecule has 1 saturated carbocycles. The third-order valence-electron chi connectivity index (χ3n) is 2.99. The van der Waals surface area contributed by atoms with Gasteiger partial charge in [-0.15, -0.1) is 11.8 Å². The molecule has 0 bridgehead atoms. The van der Waals surface area contributed by atoms with Crippen molar-refractivity contribution in [3.8, 4) is 0 Å². The lowest BCUT2D eigenvalue weighted by atomic mass is 10.2. The summed E-state index contributed by atoms with van der Waals surface area (Å²) in [4.78, 5) is 16.0. The number of esters is 1. The minimum absolute atomic E-state index is 0.353. The van der Waals surface area contributed by atoms with Crippen molar-refractivity contribution in [2.75, 3.05) is 12.3 Å². The van der Waals surface area contributed by atoms with Gasteiger partial charge >= 0.3 is 5.97 Å². The van der Waals surface area contributed by atoms with E-state index in [0.29, 0.717) is 23.1 Å². The van der Waals surface area contributed by atoms with Crippen LogP contribution in [0.1, 0.15) is 43.0 Å². The minimum Gasteiger partial charge on any atom is -0.462 e. The maximum absolute atomic E-state index is 11.7. The van der Waals surface area contributed by atoms with Crippen LogP contribution < -0.4 is 5.73 Å². The first-order chi connectivity index (χ1) is 8.70. The van der Waals surface area contributed by atoms with Gasteiger partial charge in [0, 0.05) is 5.25 Å². The standard InChI is InChI=1S/C13H18N2O2S/c1-2-17-13(16)10-7-12(15-8-11(10)14)18-9-5-3-4-6-9/h7-9H,2-6,14H2,1H3. The Morgan fingerprint density at radius 1 is 1.56 bits per heavy atom. The summed E-state index contributed by atoms with van der Waals surface area (Å²) < 4.78 is 4.98. The van der Waals surface area contributed by atoms with Gasteiger partial charge in [0.25, 0.3) is 0 Å². The highest BCUT2D eigenvalue weighted by Gasteiger charge is 2.18. The number of rotatable bonds is 4. The Bertz CT molecular complexity index is 431. The van der Waals surface area contributed by atoms with Crippen molar-refractivity contribution in [1.82, 2.24) is 4.98 Å². The van der Waals surface area contributed by atoms with Gasteiger partial charge in [-0.25, -0.2) is 9.78 Å². The van der Waals surface area contributed by atoms with E-state index in [1.807, 2.05) is 0 Å². The van der Waals surface area contributed by atoms with Gasteiger partial charge < -0.3 is 10.5 Å². The summed E-state index contributed by atoms with van der Waals surface area (Å²) in [6, 6.07) is 1.75. The van der Waals surface area contributed by atoms with Crippen LogP contribution in [0.25, 0.3) is 0 Å². The minimum atomic E-state index is -0.370. The number of aromatic nitrogens is 1. The van der Waals surface area contributed by atoms with E-state index in [2.05, 4.69) is 4.98 Å². The van der Waals surface area contributed by atoms with E-state index in [-0.39, 0.29) is 5.97 Å². The molecule has 0 aromatic carbocycles. The SMILES string of the molecule is CCOC(=O)c1cc(SC2CCCC2)ncc1N. The molecule has 1 aromatic heterocycles. The summed E-state index contributed by atoms with van der Waals surface area (Å²) in [5.74, 6) is -0.370. The molecule has 0 spiro atoms. The van der Waals surface area contributed by atoms with E-state index < -0.39 is 0 Å². The number of nitrogens with zero attached hydrogens (tertiary/aromatic N) is 1. The van der Waals surface area contributed by atoms with Crippen LogP contribution in [0.3, 0.4) is 0 Å². The Kier molecular flexibility index (Phi) is 4.47. The zero-order valence-corrected chi connectivity index (χ0v) is 11.3. The number of carbonyl (C=O) groups excluding carboxylic acids is 1. The number of anilines is 1. The maximum atomic E-state index is 11.7. The Labute approximate surface area is 111 Å². The van der Waals surface area contributed by atoms with Gasteiger partial charge in [0.15, 0.2) is 0 Å². The van der Waals surface area contributed by atoms with Crippen LogP contribution in [-0.4, -0.2) is 22.8 Å². The number of nitrogens with two attached hydrogens (primary N) is 1. The molecular formula is C13H18N2O2S. The largest absolute Gasteiger partial charge is 0.462 e. The number of ether oxygens (including phenoxy) is 1. The molecule has 1 fully saturated rings. The van der Waals surface area contributed by atoms with E-state index in [9.17, 15) is 4.79 Å². The number of thioether (sulfide) groups is 1. The fourth-order valence-electron chi connectivity index (χ4n) is 2.07. The summed E-state index contributed by atoms with van der Waals surface area (Å²) in [6.45, 7) is 2.13. The summed E-state index contributed by atoms with van der Waals surface area (Å²) in [5, 5.41) is 1.48. The molecule has 2 rings (SSSR count). The van der Waals surface area contributed by atoms with Crippen molar-refractivity contribution in [2.24, 2.45) is 0 Å². The molecular weight excluding hydrogens is 248 g/mol. The molecule has 98 valence electrons. The average Bonchev–Trinajstić information content (AvgIpc) is 2.84. The zero-order valence-electron chi connectivity index (χ0n) is 10.5. The van der Waals surface area contributed by atoms with Crippen molar-refractivity contribution >= 4 is 23.4 Å². The van der Waals surface area contributed by atoms with E-state index in [0.717, 1.165) is 5.03 Å². The van der Waals surface area contributed by atoms with Gasteiger partial charge in [0.05, 0.1) is 29.1 Å². The van der Waals surface area contributed by atoms with E-state index >= 15 is 0 Å². The molecule has 0 unspecified atom stereocenters. The molecule has 0 atom stereocenters. The van der Waals surface area contributed by atoms with Gasteiger partial charge in [-0.3, -0.25) is 0 Å². The number of pyridine rings is 1. The fraction of sp³-hybridized carbons (Fsp3) is 0.538. The molecule has 0 aliphatic heterocycles. The van der Waals surface area contributed by atoms with Crippen LogP contribution in [0.5, 0.6) is 0 Å². The molecule has 5 heteroatoms. The summed E-state index contributed by atoms with van der Waals surface area (Å²) in [5.41, 5.74) is 6.56. The third-order valence-corrected chi connectivity index (χ3v) is 4.26. The Hall–Kier alpha value is -1.23. The van der Waals surface area contributed by atoms with Gasteiger partial charge in [0.2, 0.25) is 0 Å². The topological polar surface area (TPSA) is 65.2 Å². The van der Waals surface area contributed by atoms with Crippen molar-refractivity contribution < 1.29 is 9.53 Å². The lowest BCUT2D eigenvalue weighted by molar-refractivity contribution is 0.0527. The molecule has 1 heterocycles. The van der Waals surface area contributed by atoms with Crippen molar-refractivity contribution in [3.05, 3.63) is 17.8 Å². The predicted octanol–water partition coefficient (Wildman–Crippen LogP) is 2.88. The molecule has 1 aliphatic carbocycles. The molecule has 4 nitrogen and oxygen atoms in total. The van der Waals surface area contributed by atoms with Crippen LogP contribution in [0.15, 0.2) is 17.3 Å². The fourth-order valence-corrected chi connectivity index (χ4v) is 3.28. The van der Waals surface area contributed by atoms with Crippen LogP contribution in [-0.2, 0) is 4.74 Å². The third kappa shape index (κ3) is 3.16. The summed E-state index contributed by atoms with van der Waals surface area (Å²) in [6.07, 6.45) is 6.58. The lowest BCUT2D eigenvalue weighted by Crippen LogP contribution is -2.09. The first-order valence-corrected chi connectivity index (χ1v) is 7.18. The Morgan fingerprint density at radius 2 is 2.28 bits per heavy atom. The van der Waals surface area contributed by atoms with Crippen LogP contribution >= 0.6 is 11.8 Å². The van der Waals surface area contributed by atoms with Gasteiger partial charge in [-0.2, -0.15) is 0 Å². The molecule has 1 aromatic rings. The monoisotopic (exact) mass is 266 g/mol. The quantitative estimate of drug-likeness (QED) is 0.849. The first kappa shape index (κ1) is 13.2. The van der Waals surface area contributed by atoms with Crippen LogP contribution in [0, 0.1) is 0 Å². The molecule has 0 radical (unpaired) electrons. The lowest BCUT2D eigenvalue weighted by Gasteiger charge is -2.10. The van der Waals surface area contributed by atoms with Crippen molar-refractivity contribution in [1.29, 1.82) is 0 Å². The molecule has 18 heavy (non-hydrogen) atoms. The summed E-state index contributed by atoms with van der Waals surface area (Å²) >= 11 is 1.74. The van der Waals surface area contributed by atoms with Crippen LogP contribution in [0.4, 0.5) is 5.69 Å². The number of carbonyl (C=O) groups is 1. The molecule has 2 N–H and O–H groups in total.